The molecule has 1 aromatic carbocycles. The highest BCUT2D eigenvalue weighted by molar-refractivity contribution is 5.31. The molecule has 1 heteroatoms. The van der Waals surface area contributed by atoms with Crippen LogP contribution in [0.3, 0.4) is 0 Å². The van der Waals surface area contributed by atoms with Crippen LogP contribution in [0.5, 0.6) is 0 Å². The van der Waals surface area contributed by atoms with Crippen molar-refractivity contribution in [3.05, 3.63) is 35.4 Å². The number of hydrogen-bond acceptors (Lipinski definition) is 1. The van der Waals surface area contributed by atoms with E-state index in [1.54, 1.807) is 0 Å². The van der Waals surface area contributed by atoms with E-state index in [0.29, 0.717) is 11.3 Å². The van der Waals surface area contributed by atoms with Crippen LogP contribution in [0.4, 0.5) is 0 Å². The maximum Gasteiger partial charge on any atom is 0.0552 e. The summed E-state index contributed by atoms with van der Waals surface area (Å²) < 4.78 is 0. The molecule has 112 valence electrons. The molecule has 1 unspecified atom stereocenters. The Labute approximate surface area is 124 Å². The molecule has 1 aromatic rings. The molecule has 1 fully saturated rings. The van der Waals surface area contributed by atoms with Crippen molar-refractivity contribution in [2.45, 2.75) is 71.8 Å². The van der Waals surface area contributed by atoms with Gasteiger partial charge in [0.25, 0.3) is 0 Å². The summed E-state index contributed by atoms with van der Waals surface area (Å²) in [5.74, 6) is 1.56. The van der Waals surface area contributed by atoms with Crippen LogP contribution < -0.4 is 0 Å². The second-order valence-corrected chi connectivity index (χ2v) is 7.67. The molecular formula is C19H30O. The second-order valence-electron chi connectivity index (χ2n) is 7.67. The van der Waals surface area contributed by atoms with Gasteiger partial charge >= 0.3 is 0 Å². The zero-order valence-corrected chi connectivity index (χ0v) is 13.5. The summed E-state index contributed by atoms with van der Waals surface area (Å²) in [6, 6.07) is 8.72. The number of rotatable bonds is 3. The molecule has 0 amide bonds. The minimum atomic E-state index is -0.248. The van der Waals surface area contributed by atoms with E-state index in [-0.39, 0.29) is 6.10 Å². The van der Waals surface area contributed by atoms with Crippen LogP contribution in [0, 0.1) is 11.3 Å². The minimum absolute atomic E-state index is 0.248. The molecule has 2 rings (SSSR count). The standard InChI is InChI=1S/C19H30O/c1-14(20)13-16-7-5-6-8-18(16)15-9-11-17(12-10-15)19(2,3)4/h5-8,14-15,17,20H,9-13H2,1-4H3. The largest absolute Gasteiger partial charge is 0.393 e. The normalized spacial score (nSPS) is 25.4. The molecule has 0 saturated heterocycles. The highest BCUT2D eigenvalue weighted by atomic mass is 16.3. The maximum atomic E-state index is 9.68. The summed E-state index contributed by atoms with van der Waals surface area (Å²) in [4.78, 5) is 0. The zero-order chi connectivity index (χ0) is 14.8. The van der Waals surface area contributed by atoms with Gasteiger partial charge in [-0.2, -0.15) is 0 Å². The number of benzene rings is 1. The number of hydrogen-bond donors (Lipinski definition) is 1. The summed E-state index contributed by atoms with van der Waals surface area (Å²) in [5.41, 5.74) is 3.28. The Hall–Kier alpha value is -0.820. The SMILES string of the molecule is CC(O)Cc1ccccc1C1CCC(C(C)(C)C)CC1. The minimum Gasteiger partial charge on any atom is -0.393 e. The third-order valence-corrected chi connectivity index (χ3v) is 4.96. The van der Waals surface area contributed by atoms with Gasteiger partial charge in [0.05, 0.1) is 6.10 Å². The lowest BCUT2D eigenvalue weighted by molar-refractivity contribution is 0.168. The Morgan fingerprint density at radius 1 is 1.10 bits per heavy atom. The molecule has 1 atom stereocenters. The average Bonchev–Trinajstić information content (AvgIpc) is 2.38. The lowest BCUT2D eigenvalue weighted by atomic mass is 9.68. The van der Waals surface area contributed by atoms with E-state index in [9.17, 15) is 5.11 Å². The molecular weight excluding hydrogens is 244 g/mol. The number of aliphatic hydroxyl groups is 1. The molecule has 1 aliphatic rings. The first-order valence-corrected chi connectivity index (χ1v) is 8.14. The quantitative estimate of drug-likeness (QED) is 0.828. The first-order chi connectivity index (χ1) is 9.38. The molecule has 1 aliphatic carbocycles. The Kier molecular flexibility index (Phi) is 4.90. The Morgan fingerprint density at radius 3 is 2.25 bits per heavy atom. The third-order valence-electron chi connectivity index (χ3n) is 4.96. The van der Waals surface area contributed by atoms with Crippen LogP contribution in [0.1, 0.15) is 70.4 Å². The smallest absolute Gasteiger partial charge is 0.0552 e. The molecule has 0 radical (unpaired) electrons. The fourth-order valence-corrected chi connectivity index (χ4v) is 3.71. The maximum absolute atomic E-state index is 9.68. The van der Waals surface area contributed by atoms with Crippen LogP contribution in [0.2, 0.25) is 0 Å². The van der Waals surface area contributed by atoms with E-state index in [4.69, 9.17) is 0 Å². The van der Waals surface area contributed by atoms with Gasteiger partial charge in [0.2, 0.25) is 0 Å². The molecule has 0 aliphatic heterocycles. The fraction of sp³-hybridized carbons (Fsp3) is 0.684. The summed E-state index contributed by atoms with van der Waals surface area (Å²) in [5, 5.41) is 9.68. The molecule has 20 heavy (non-hydrogen) atoms. The molecule has 0 aromatic heterocycles. The van der Waals surface area contributed by atoms with Gasteiger partial charge < -0.3 is 5.11 Å². The van der Waals surface area contributed by atoms with E-state index < -0.39 is 0 Å². The van der Waals surface area contributed by atoms with Gasteiger partial charge in [-0.1, -0.05) is 45.0 Å². The average molecular weight is 274 g/mol. The predicted octanol–water partition coefficient (Wildman–Crippen LogP) is 4.93. The van der Waals surface area contributed by atoms with E-state index in [1.807, 2.05) is 6.92 Å². The molecule has 0 spiro atoms. The summed E-state index contributed by atoms with van der Waals surface area (Å²) in [6.45, 7) is 9.01. The van der Waals surface area contributed by atoms with Crippen molar-refractivity contribution in [3.8, 4) is 0 Å². The second kappa shape index (κ2) is 6.30. The Morgan fingerprint density at radius 2 is 1.70 bits per heavy atom. The lowest BCUT2D eigenvalue weighted by Crippen LogP contribution is -2.25. The van der Waals surface area contributed by atoms with E-state index in [0.717, 1.165) is 12.3 Å². The van der Waals surface area contributed by atoms with Crippen LogP contribution in [-0.2, 0) is 6.42 Å². The van der Waals surface area contributed by atoms with Gasteiger partial charge in [0.15, 0.2) is 0 Å². The van der Waals surface area contributed by atoms with Crippen LogP contribution in [0.25, 0.3) is 0 Å². The molecule has 1 N–H and O–H groups in total. The van der Waals surface area contributed by atoms with Gasteiger partial charge in [-0.05, 0) is 67.4 Å². The molecule has 0 bridgehead atoms. The van der Waals surface area contributed by atoms with Crippen molar-refractivity contribution < 1.29 is 5.11 Å². The lowest BCUT2D eigenvalue weighted by Gasteiger charge is -2.37. The van der Waals surface area contributed by atoms with E-state index in [2.05, 4.69) is 45.0 Å². The molecule has 1 nitrogen and oxygen atoms in total. The highest BCUT2D eigenvalue weighted by Gasteiger charge is 2.30. The van der Waals surface area contributed by atoms with Crippen molar-refractivity contribution in [2.24, 2.45) is 11.3 Å². The molecule has 0 heterocycles. The van der Waals surface area contributed by atoms with Crippen LogP contribution in [0.15, 0.2) is 24.3 Å². The van der Waals surface area contributed by atoms with Gasteiger partial charge in [-0.3, -0.25) is 0 Å². The predicted molar refractivity (Wildman–Crippen MR) is 86.0 cm³/mol. The van der Waals surface area contributed by atoms with Gasteiger partial charge in [0.1, 0.15) is 0 Å². The summed E-state index contributed by atoms with van der Waals surface area (Å²) in [6.07, 6.45) is 5.84. The van der Waals surface area contributed by atoms with Crippen molar-refractivity contribution >= 4 is 0 Å². The van der Waals surface area contributed by atoms with Gasteiger partial charge in [-0.15, -0.1) is 0 Å². The summed E-state index contributed by atoms with van der Waals surface area (Å²) in [7, 11) is 0. The van der Waals surface area contributed by atoms with E-state index >= 15 is 0 Å². The van der Waals surface area contributed by atoms with Gasteiger partial charge in [-0.25, -0.2) is 0 Å². The van der Waals surface area contributed by atoms with Crippen LogP contribution >= 0.6 is 0 Å². The highest BCUT2D eigenvalue weighted by Crippen LogP contribution is 2.43. The topological polar surface area (TPSA) is 20.2 Å². The fourth-order valence-electron chi connectivity index (χ4n) is 3.71. The van der Waals surface area contributed by atoms with E-state index in [1.165, 1.54) is 36.8 Å². The molecule has 1 saturated carbocycles. The van der Waals surface area contributed by atoms with Crippen molar-refractivity contribution in [1.82, 2.24) is 0 Å². The van der Waals surface area contributed by atoms with Crippen molar-refractivity contribution in [1.29, 1.82) is 0 Å². The van der Waals surface area contributed by atoms with Crippen molar-refractivity contribution in [3.63, 3.8) is 0 Å². The van der Waals surface area contributed by atoms with Crippen LogP contribution in [-0.4, -0.2) is 11.2 Å². The number of aliphatic hydroxyl groups excluding tert-OH is 1. The Balaban J connectivity index is 2.07. The zero-order valence-electron chi connectivity index (χ0n) is 13.5. The Bertz CT molecular complexity index is 420. The first-order valence-electron chi connectivity index (χ1n) is 8.14. The van der Waals surface area contributed by atoms with Crippen molar-refractivity contribution in [2.75, 3.05) is 0 Å². The van der Waals surface area contributed by atoms with Gasteiger partial charge in [0, 0.05) is 0 Å². The summed E-state index contributed by atoms with van der Waals surface area (Å²) >= 11 is 0. The first kappa shape index (κ1) is 15.6. The third kappa shape index (κ3) is 3.85. The monoisotopic (exact) mass is 274 g/mol.